The maximum absolute atomic E-state index is 10.7. The summed E-state index contributed by atoms with van der Waals surface area (Å²) in [5, 5.41) is 0. The summed E-state index contributed by atoms with van der Waals surface area (Å²) in [6, 6.07) is 16.1. The summed E-state index contributed by atoms with van der Waals surface area (Å²) in [4.78, 5) is 0. The Bertz CT molecular complexity index is 574. The van der Waals surface area contributed by atoms with Crippen LogP contribution in [0, 0.1) is 0 Å². The molecule has 2 rings (SSSR count). The van der Waals surface area contributed by atoms with Crippen LogP contribution in [0.5, 0.6) is 0 Å². The number of rotatable bonds is 4. The van der Waals surface area contributed by atoms with Gasteiger partial charge in [0, 0.05) is 5.75 Å². The predicted molar refractivity (Wildman–Crippen MR) is 78.6 cm³/mol. The second-order valence-corrected chi connectivity index (χ2v) is 5.82. The lowest BCUT2D eigenvalue weighted by Gasteiger charge is -2.09. The minimum Gasteiger partial charge on any atom is -0.772 e. The van der Waals surface area contributed by atoms with Gasteiger partial charge in [-0.1, -0.05) is 73.5 Å². The first-order valence-corrected chi connectivity index (χ1v) is 7.56. The summed E-state index contributed by atoms with van der Waals surface area (Å²) < 4.78 is 21.5. The molecule has 0 spiro atoms. The van der Waals surface area contributed by atoms with Crippen LogP contribution in [0.25, 0.3) is 11.1 Å². The first-order chi connectivity index (χ1) is 9.06. The Balaban J connectivity index is 2.28. The zero-order valence-electron chi connectivity index (χ0n) is 11.1. The van der Waals surface area contributed by atoms with Crippen molar-refractivity contribution in [1.82, 2.24) is 0 Å². The van der Waals surface area contributed by atoms with E-state index in [0.717, 1.165) is 16.7 Å². The van der Waals surface area contributed by atoms with E-state index in [1.54, 1.807) is 0 Å². The van der Waals surface area contributed by atoms with Gasteiger partial charge < -0.3 is 4.55 Å². The highest BCUT2D eigenvalue weighted by atomic mass is 32.2. The molecule has 0 saturated carbocycles. The third-order valence-corrected chi connectivity index (χ3v) is 3.69. The second-order valence-electron chi connectivity index (χ2n) is 4.93. The zero-order chi connectivity index (χ0) is 13.8. The van der Waals surface area contributed by atoms with Crippen LogP contribution in [0.1, 0.15) is 30.9 Å². The number of hydrogen-bond donors (Lipinski definition) is 0. The summed E-state index contributed by atoms with van der Waals surface area (Å²) in [5.41, 5.74) is 4.29. The molecule has 0 heterocycles. The summed E-state index contributed by atoms with van der Waals surface area (Å²) in [6.07, 6.45) is 0. The second kappa shape index (κ2) is 6.13. The maximum Gasteiger partial charge on any atom is 0.0353 e. The Hall–Kier alpha value is -1.45. The van der Waals surface area contributed by atoms with Gasteiger partial charge in [-0.15, -0.1) is 0 Å². The molecule has 0 saturated heterocycles. The Kier molecular flexibility index (Phi) is 4.51. The van der Waals surface area contributed by atoms with Gasteiger partial charge >= 0.3 is 0 Å². The highest BCUT2D eigenvalue weighted by Gasteiger charge is 2.02. The van der Waals surface area contributed by atoms with E-state index < -0.39 is 11.1 Å². The van der Waals surface area contributed by atoms with E-state index in [-0.39, 0.29) is 5.75 Å². The Morgan fingerprint density at radius 1 is 1.05 bits per heavy atom. The van der Waals surface area contributed by atoms with Crippen molar-refractivity contribution in [3.8, 4) is 11.1 Å². The minimum absolute atomic E-state index is 0.0674. The van der Waals surface area contributed by atoms with Crippen molar-refractivity contribution < 1.29 is 8.76 Å². The van der Waals surface area contributed by atoms with E-state index in [1.165, 1.54) is 5.56 Å². The van der Waals surface area contributed by atoms with E-state index in [4.69, 9.17) is 0 Å². The normalized spacial score (nSPS) is 12.6. The number of benzene rings is 2. The summed E-state index contributed by atoms with van der Waals surface area (Å²) >= 11 is -2.04. The molecule has 1 unspecified atom stereocenters. The fourth-order valence-corrected chi connectivity index (χ4v) is 2.49. The van der Waals surface area contributed by atoms with Crippen molar-refractivity contribution in [3.05, 3.63) is 59.7 Å². The van der Waals surface area contributed by atoms with Gasteiger partial charge in [0.15, 0.2) is 0 Å². The van der Waals surface area contributed by atoms with Gasteiger partial charge in [-0.3, -0.25) is 4.21 Å². The molecular formula is C16H17O2S-. The van der Waals surface area contributed by atoms with Crippen LogP contribution in [0.3, 0.4) is 0 Å². The topological polar surface area (TPSA) is 40.1 Å². The monoisotopic (exact) mass is 273 g/mol. The molecule has 0 radical (unpaired) electrons. The van der Waals surface area contributed by atoms with Crippen LogP contribution < -0.4 is 0 Å². The molecule has 2 nitrogen and oxygen atoms in total. The molecule has 2 aromatic carbocycles. The molecule has 0 aliphatic carbocycles. The van der Waals surface area contributed by atoms with Gasteiger partial charge in [0.05, 0.1) is 0 Å². The highest BCUT2D eigenvalue weighted by molar-refractivity contribution is 7.78. The van der Waals surface area contributed by atoms with Gasteiger partial charge in [0.1, 0.15) is 0 Å². The predicted octanol–water partition coefficient (Wildman–Crippen LogP) is 3.86. The average molecular weight is 273 g/mol. The van der Waals surface area contributed by atoms with Gasteiger partial charge in [-0.05, 0) is 28.2 Å². The van der Waals surface area contributed by atoms with Crippen molar-refractivity contribution in [1.29, 1.82) is 0 Å². The molecule has 19 heavy (non-hydrogen) atoms. The average Bonchev–Trinajstić information content (AvgIpc) is 2.38. The molecule has 0 N–H and O–H groups in total. The number of hydrogen-bond acceptors (Lipinski definition) is 2. The molecule has 0 bridgehead atoms. The third kappa shape index (κ3) is 3.75. The van der Waals surface area contributed by atoms with Crippen LogP contribution in [0.2, 0.25) is 0 Å². The lowest BCUT2D eigenvalue weighted by Crippen LogP contribution is -1.93. The van der Waals surface area contributed by atoms with Gasteiger partial charge in [-0.25, -0.2) is 0 Å². The standard InChI is InChI=1S/C16H18O2S/c1-12(2)14-6-8-15(9-7-14)16-5-3-4-13(10-16)11-19(17)18/h3-10,12H,11H2,1-2H3,(H,17,18)/p-1. The quantitative estimate of drug-likeness (QED) is 0.794. The lowest BCUT2D eigenvalue weighted by atomic mass is 9.98. The molecule has 0 aliphatic heterocycles. The molecular weight excluding hydrogens is 256 g/mol. The van der Waals surface area contributed by atoms with Crippen LogP contribution in [-0.4, -0.2) is 8.76 Å². The summed E-state index contributed by atoms with van der Waals surface area (Å²) in [5.74, 6) is 0.584. The van der Waals surface area contributed by atoms with Crippen molar-refractivity contribution in [2.75, 3.05) is 0 Å². The minimum atomic E-state index is -2.04. The van der Waals surface area contributed by atoms with Gasteiger partial charge in [0.25, 0.3) is 0 Å². The smallest absolute Gasteiger partial charge is 0.0353 e. The summed E-state index contributed by atoms with van der Waals surface area (Å²) in [6.45, 7) is 4.33. The lowest BCUT2D eigenvalue weighted by molar-refractivity contribution is 0.536. The largest absolute Gasteiger partial charge is 0.772 e. The molecule has 0 amide bonds. The molecule has 3 heteroatoms. The van der Waals surface area contributed by atoms with Gasteiger partial charge in [-0.2, -0.15) is 0 Å². The molecule has 1 atom stereocenters. The van der Waals surface area contributed by atoms with E-state index in [1.807, 2.05) is 24.3 Å². The SMILES string of the molecule is CC(C)c1ccc(-c2cccc(CS(=O)[O-])c2)cc1. The van der Waals surface area contributed by atoms with E-state index in [2.05, 4.69) is 38.1 Å². The molecule has 0 aliphatic rings. The molecule has 0 fully saturated rings. The fraction of sp³-hybridized carbons (Fsp3) is 0.250. The van der Waals surface area contributed by atoms with Crippen molar-refractivity contribution in [2.24, 2.45) is 0 Å². The Labute approximate surface area is 116 Å². The van der Waals surface area contributed by atoms with Crippen LogP contribution in [0.4, 0.5) is 0 Å². The van der Waals surface area contributed by atoms with Crippen molar-refractivity contribution >= 4 is 11.1 Å². The zero-order valence-corrected chi connectivity index (χ0v) is 11.9. The van der Waals surface area contributed by atoms with Crippen molar-refractivity contribution in [2.45, 2.75) is 25.5 Å². The fourth-order valence-electron chi connectivity index (χ4n) is 2.04. The van der Waals surface area contributed by atoms with Crippen molar-refractivity contribution in [3.63, 3.8) is 0 Å². The van der Waals surface area contributed by atoms with Crippen LogP contribution in [0.15, 0.2) is 48.5 Å². The summed E-state index contributed by atoms with van der Waals surface area (Å²) in [7, 11) is 0. The molecule has 2 aromatic rings. The third-order valence-electron chi connectivity index (χ3n) is 3.12. The van der Waals surface area contributed by atoms with E-state index >= 15 is 0 Å². The Morgan fingerprint density at radius 2 is 1.74 bits per heavy atom. The highest BCUT2D eigenvalue weighted by Crippen LogP contribution is 2.23. The Morgan fingerprint density at radius 3 is 2.32 bits per heavy atom. The van der Waals surface area contributed by atoms with Crippen LogP contribution >= 0.6 is 0 Å². The first-order valence-electron chi connectivity index (χ1n) is 6.31. The maximum atomic E-state index is 10.7. The first kappa shape index (κ1) is 14.0. The van der Waals surface area contributed by atoms with E-state index in [9.17, 15) is 8.76 Å². The van der Waals surface area contributed by atoms with Crippen LogP contribution in [-0.2, 0) is 16.8 Å². The van der Waals surface area contributed by atoms with E-state index in [0.29, 0.717) is 5.92 Å². The van der Waals surface area contributed by atoms with Gasteiger partial charge in [0.2, 0.25) is 0 Å². The molecule has 0 aromatic heterocycles. The molecule has 100 valence electrons.